The Morgan fingerprint density at radius 2 is 2.00 bits per heavy atom. The summed E-state index contributed by atoms with van der Waals surface area (Å²) >= 11 is 5.80. The van der Waals surface area contributed by atoms with Crippen LogP contribution >= 0.6 is 11.6 Å². The minimum Gasteiger partial charge on any atom is -0.372 e. The third kappa shape index (κ3) is 4.05. The average molecular weight is 482 g/mol. The fourth-order valence-corrected chi connectivity index (χ4v) is 5.28. The number of amides is 2. The van der Waals surface area contributed by atoms with E-state index in [1.54, 1.807) is 18.2 Å². The first-order chi connectivity index (χ1) is 15.0. The van der Waals surface area contributed by atoms with Gasteiger partial charge in [-0.3, -0.25) is 13.9 Å². The van der Waals surface area contributed by atoms with Gasteiger partial charge in [0, 0.05) is 36.8 Å². The molecule has 0 bridgehead atoms. The summed E-state index contributed by atoms with van der Waals surface area (Å²) in [5, 5.41) is 13.4. The third-order valence-corrected chi connectivity index (χ3v) is 7.07. The Bertz CT molecular complexity index is 1200. The number of rotatable bonds is 5. The standard InChI is InChI=1S/C21H21ClFN3O5S/c1-32(30,31)26-6-4-14-10-17(2-3-18(14)26)25-7-5-21(29,20(25)28)19(27)24-12-13-8-15(22)11-16(23)9-13/h2-3,8-11,29H,4-7,12H2,1H3,(H,24,27)/t21-/m0/s1. The first kappa shape index (κ1) is 22.5. The van der Waals surface area contributed by atoms with Crippen LogP contribution in [0.25, 0.3) is 0 Å². The third-order valence-electron chi connectivity index (χ3n) is 5.68. The van der Waals surface area contributed by atoms with Crippen molar-refractivity contribution in [3.8, 4) is 0 Å². The van der Waals surface area contributed by atoms with Crippen LogP contribution in [-0.4, -0.2) is 50.3 Å². The van der Waals surface area contributed by atoms with Gasteiger partial charge in [-0.25, -0.2) is 12.8 Å². The normalized spacial score (nSPS) is 20.6. The van der Waals surface area contributed by atoms with Crippen LogP contribution in [0.3, 0.4) is 0 Å². The number of carbonyl (C=O) groups is 2. The Kier molecular flexibility index (Phi) is 5.64. The second-order valence-corrected chi connectivity index (χ2v) is 10.3. The van der Waals surface area contributed by atoms with Crippen molar-refractivity contribution in [3.63, 3.8) is 0 Å². The van der Waals surface area contributed by atoms with E-state index in [2.05, 4.69) is 5.32 Å². The van der Waals surface area contributed by atoms with Crippen LogP contribution < -0.4 is 14.5 Å². The zero-order valence-corrected chi connectivity index (χ0v) is 18.7. The van der Waals surface area contributed by atoms with Gasteiger partial charge < -0.3 is 15.3 Å². The maximum Gasteiger partial charge on any atom is 0.268 e. The molecule has 32 heavy (non-hydrogen) atoms. The molecule has 0 aromatic heterocycles. The molecule has 0 radical (unpaired) electrons. The number of nitrogens with one attached hydrogen (secondary N) is 1. The van der Waals surface area contributed by atoms with Crippen LogP contribution in [0.15, 0.2) is 36.4 Å². The van der Waals surface area contributed by atoms with E-state index < -0.39 is 33.3 Å². The van der Waals surface area contributed by atoms with Gasteiger partial charge in [0.2, 0.25) is 15.6 Å². The van der Waals surface area contributed by atoms with Crippen LogP contribution in [0.1, 0.15) is 17.5 Å². The first-order valence-electron chi connectivity index (χ1n) is 9.87. The Hall–Kier alpha value is -2.69. The summed E-state index contributed by atoms with van der Waals surface area (Å²) in [4.78, 5) is 26.9. The van der Waals surface area contributed by atoms with Crippen LogP contribution in [0.4, 0.5) is 15.8 Å². The van der Waals surface area contributed by atoms with Gasteiger partial charge >= 0.3 is 0 Å². The molecule has 170 valence electrons. The molecule has 2 aliphatic rings. The lowest BCUT2D eigenvalue weighted by Gasteiger charge is -2.22. The molecule has 1 fully saturated rings. The summed E-state index contributed by atoms with van der Waals surface area (Å²) in [6.45, 7) is 0.331. The predicted octanol–water partition coefficient (Wildman–Crippen LogP) is 1.59. The molecule has 2 N–H and O–H groups in total. The monoisotopic (exact) mass is 481 g/mol. The number of benzene rings is 2. The summed E-state index contributed by atoms with van der Waals surface area (Å²) < 4.78 is 38.6. The number of carbonyl (C=O) groups excluding carboxylic acids is 2. The van der Waals surface area contributed by atoms with E-state index in [0.29, 0.717) is 29.9 Å². The van der Waals surface area contributed by atoms with Gasteiger partial charge in [0.05, 0.1) is 11.9 Å². The van der Waals surface area contributed by atoms with Crippen molar-refractivity contribution in [1.82, 2.24) is 5.32 Å². The van der Waals surface area contributed by atoms with Gasteiger partial charge in [-0.15, -0.1) is 0 Å². The van der Waals surface area contributed by atoms with Crippen molar-refractivity contribution in [2.75, 3.05) is 28.6 Å². The molecule has 2 amide bonds. The maximum absolute atomic E-state index is 13.5. The second-order valence-electron chi connectivity index (χ2n) is 7.93. The van der Waals surface area contributed by atoms with Crippen LogP contribution in [-0.2, 0) is 32.6 Å². The topological polar surface area (TPSA) is 107 Å². The van der Waals surface area contributed by atoms with Gasteiger partial charge in [0.15, 0.2) is 0 Å². The van der Waals surface area contributed by atoms with E-state index in [-0.39, 0.29) is 24.5 Å². The molecule has 4 rings (SSSR count). The van der Waals surface area contributed by atoms with E-state index in [4.69, 9.17) is 11.6 Å². The Labute approximate surface area is 189 Å². The van der Waals surface area contributed by atoms with E-state index in [1.165, 1.54) is 21.3 Å². The van der Waals surface area contributed by atoms with Crippen LogP contribution in [0.2, 0.25) is 5.02 Å². The lowest BCUT2D eigenvalue weighted by Crippen LogP contribution is -2.52. The molecule has 1 atom stereocenters. The summed E-state index contributed by atoms with van der Waals surface area (Å²) in [5.74, 6) is -2.21. The van der Waals surface area contributed by atoms with Gasteiger partial charge in [-0.2, -0.15) is 0 Å². The number of aliphatic hydroxyl groups is 1. The molecule has 2 heterocycles. The van der Waals surface area contributed by atoms with E-state index in [1.807, 2.05) is 0 Å². The van der Waals surface area contributed by atoms with E-state index in [9.17, 15) is 27.5 Å². The largest absolute Gasteiger partial charge is 0.372 e. The lowest BCUT2D eigenvalue weighted by atomic mass is 10.0. The SMILES string of the molecule is CS(=O)(=O)N1CCc2cc(N3CC[C@](O)(C(=O)NCc4cc(F)cc(Cl)c4)C3=O)ccc21. The maximum atomic E-state index is 13.5. The summed E-state index contributed by atoms with van der Waals surface area (Å²) in [5.41, 5.74) is -0.0594. The molecule has 2 aliphatic heterocycles. The molecule has 1 saturated heterocycles. The van der Waals surface area contributed by atoms with Gasteiger partial charge in [0.1, 0.15) is 5.82 Å². The molecule has 0 spiro atoms. The quantitative estimate of drug-likeness (QED) is 0.631. The highest BCUT2D eigenvalue weighted by Gasteiger charge is 2.51. The molecule has 8 nitrogen and oxygen atoms in total. The van der Waals surface area contributed by atoms with Crippen molar-refractivity contribution in [2.45, 2.75) is 25.0 Å². The smallest absolute Gasteiger partial charge is 0.268 e. The number of halogens is 2. The van der Waals surface area contributed by atoms with E-state index in [0.717, 1.165) is 17.9 Å². The van der Waals surface area contributed by atoms with Gasteiger partial charge in [-0.05, 0) is 53.9 Å². The zero-order chi connectivity index (χ0) is 23.3. The predicted molar refractivity (Wildman–Crippen MR) is 118 cm³/mol. The fraction of sp³-hybridized carbons (Fsp3) is 0.333. The molecule has 0 aliphatic carbocycles. The number of hydrogen-bond acceptors (Lipinski definition) is 5. The first-order valence-corrected chi connectivity index (χ1v) is 12.1. The number of hydrogen-bond donors (Lipinski definition) is 2. The summed E-state index contributed by atoms with van der Waals surface area (Å²) in [6, 6.07) is 8.72. The Morgan fingerprint density at radius 1 is 1.25 bits per heavy atom. The van der Waals surface area contributed by atoms with Crippen molar-refractivity contribution >= 4 is 44.8 Å². The molecule has 0 saturated carbocycles. The average Bonchev–Trinajstić information content (AvgIpc) is 3.27. The van der Waals surface area contributed by atoms with Gasteiger partial charge in [0.25, 0.3) is 11.8 Å². The molecule has 2 aromatic carbocycles. The number of sulfonamides is 1. The minimum absolute atomic E-state index is 0.105. The van der Waals surface area contributed by atoms with Crippen LogP contribution in [0.5, 0.6) is 0 Å². The summed E-state index contributed by atoms with van der Waals surface area (Å²) in [7, 11) is -3.40. The highest BCUT2D eigenvalue weighted by Crippen LogP contribution is 2.36. The second kappa shape index (κ2) is 8.02. The lowest BCUT2D eigenvalue weighted by molar-refractivity contribution is -0.149. The number of nitrogens with zero attached hydrogens (tertiary/aromatic N) is 2. The highest BCUT2D eigenvalue weighted by atomic mass is 35.5. The van der Waals surface area contributed by atoms with Crippen molar-refractivity contribution in [3.05, 3.63) is 58.4 Å². The molecular weight excluding hydrogens is 461 g/mol. The Morgan fingerprint density at radius 3 is 2.69 bits per heavy atom. The fourth-order valence-electron chi connectivity index (χ4n) is 4.07. The van der Waals surface area contributed by atoms with Crippen molar-refractivity contribution in [1.29, 1.82) is 0 Å². The minimum atomic E-state index is -3.40. The number of fused-ring (bicyclic) bond motifs is 1. The number of anilines is 2. The zero-order valence-electron chi connectivity index (χ0n) is 17.1. The molecule has 2 aromatic rings. The Balaban J connectivity index is 1.49. The van der Waals surface area contributed by atoms with Crippen molar-refractivity contribution < 1.29 is 27.5 Å². The van der Waals surface area contributed by atoms with Gasteiger partial charge in [-0.1, -0.05) is 11.6 Å². The molecule has 0 unspecified atom stereocenters. The molecular formula is C21H21ClFN3O5S. The van der Waals surface area contributed by atoms with Crippen molar-refractivity contribution in [2.24, 2.45) is 0 Å². The van der Waals surface area contributed by atoms with Crippen LogP contribution in [0, 0.1) is 5.82 Å². The summed E-state index contributed by atoms with van der Waals surface area (Å²) in [6.07, 6.45) is 1.52. The highest BCUT2D eigenvalue weighted by molar-refractivity contribution is 7.92. The molecule has 11 heteroatoms. The van der Waals surface area contributed by atoms with E-state index >= 15 is 0 Å².